The molecule has 0 aromatic rings. The van der Waals surface area contributed by atoms with Crippen LogP contribution in [-0.2, 0) is 9.53 Å². The molecule has 3 N–H and O–H groups in total. The van der Waals surface area contributed by atoms with Crippen molar-refractivity contribution in [1.82, 2.24) is 15.5 Å². The highest BCUT2D eigenvalue weighted by Gasteiger charge is 2.37. The Balaban J connectivity index is 1.86. The smallest absolute Gasteiger partial charge is 0.240 e. The highest BCUT2D eigenvalue weighted by Crippen LogP contribution is 2.20. The Bertz CT molecular complexity index is 335. The lowest BCUT2D eigenvalue weighted by Crippen LogP contribution is -2.61. The summed E-state index contributed by atoms with van der Waals surface area (Å²) in [7, 11) is 0. The summed E-state index contributed by atoms with van der Waals surface area (Å²) in [6.07, 6.45) is 1.17. The molecule has 1 amide bonds. The molecule has 2 heterocycles. The van der Waals surface area contributed by atoms with Crippen LogP contribution in [0.25, 0.3) is 0 Å². The van der Waals surface area contributed by atoms with Crippen LogP contribution in [0.3, 0.4) is 0 Å². The van der Waals surface area contributed by atoms with Crippen LogP contribution >= 0.6 is 0 Å². The molecule has 0 spiro atoms. The third kappa shape index (κ3) is 3.69. The Morgan fingerprint density at radius 3 is 2.55 bits per heavy atom. The van der Waals surface area contributed by atoms with Gasteiger partial charge in [0.25, 0.3) is 0 Å². The minimum Gasteiger partial charge on any atom is -0.388 e. The van der Waals surface area contributed by atoms with E-state index in [0.29, 0.717) is 32.6 Å². The fraction of sp³-hybridized carbons (Fsp3) is 0.929. The number of hydrogen-bond donors (Lipinski definition) is 3. The second-order valence-corrected chi connectivity index (χ2v) is 6.32. The number of amides is 1. The molecule has 20 heavy (non-hydrogen) atoms. The number of carbonyl (C=O) groups is 1. The minimum atomic E-state index is -0.812. The first-order valence-electron chi connectivity index (χ1n) is 7.48. The molecule has 2 saturated heterocycles. The van der Waals surface area contributed by atoms with Crippen molar-refractivity contribution in [2.24, 2.45) is 0 Å². The van der Waals surface area contributed by atoms with Crippen molar-refractivity contribution >= 4 is 5.91 Å². The maximum absolute atomic E-state index is 12.4. The second-order valence-electron chi connectivity index (χ2n) is 6.32. The van der Waals surface area contributed by atoms with Crippen LogP contribution in [0.15, 0.2) is 0 Å². The van der Waals surface area contributed by atoms with E-state index in [-0.39, 0.29) is 5.91 Å². The number of nitrogens with one attached hydrogen (secondary N) is 2. The molecule has 0 atom stereocenters. The SMILES string of the molecule is CC(C)(C(=O)NCC1(O)CCOCC1)N1CCNCC1. The standard InChI is InChI=1S/C14H27N3O3/c1-13(2,17-7-5-15-6-8-17)12(18)16-11-14(19)3-9-20-10-4-14/h15,19H,3-11H2,1-2H3,(H,16,18). The van der Waals surface area contributed by atoms with Gasteiger partial charge in [0.05, 0.1) is 11.1 Å². The lowest BCUT2D eigenvalue weighted by Gasteiger charge is -2.40. The molecule has 2 aliphatic rings. The predicted molar refractivity (Wildman–Crippen MR) is 76.5 cm³/mol. The summed E-state index contributed by atoms with van der Waals surface area (Å²) in [5.41, 5.74) is -1.35. The maximum Gasteiger partial charge on any atom is 0.240 e. The molecule has 2 rings (SSSR count). The summed E-state index contributed by atoms with van der Waals surface area (Å²) in [5.74, 6) is -0.0145. The van der Waals surface area contributed by atoms with E-state index in [2.05, 4.69) is 15.5 Å². The molecule has 116 valence electrons. The van der Waals surface area contributed by atoms with Gasteiger partial charge < -0.3 is 20.5 Å². The molecule has 0 radical (unpaired) electrons. The number of aliphatic hydroxyl groups is 1. The fourth-order valence-corrected chi connectivity index (χ4v) is 2.76. The first-order chi connectivity index (χ1) is 9.44. The third-order valence-corrected chi connectivity index (χ3v) is 4.46. The van der Waals surface area contributed by atoms with E-state index in [0.717, 1.165) is 26.2 Å². The Hall–Kier alpha value is -0.690. The second kappa shape index (κ2) is 6.39. The highest BCUT2D eigenvalue weighted by molar-refractivity contribution is 5.85. The number of rotatable bonds is 4. The number of ether oxygens (including phenoxy) is 1. The largest absolute Gasteiger partial charge is 0.388 e. The molecule has 0 aromatic carbocycles. The van der Waals surface area contributed by atoms with E-state index < -0.39 is 11.1 Å². The average Bonchev–Trinajstić information content (AvgIpc) is 2.46. The quantitative estimate of drug-likeness (QED) is 0.639. The van der Waals surface area contributed by atoms with Gasteiger partial charge in [0, 0.05) is 58.8 Å². The van der Waals surface area contributed by atoms with E-state index in [4.69, 9.17) is 4.74 Å². The molecule has 2 aliphatic heterocycles. The number of hydrogen-bond acceptors (Lipinski definition) is 5. The van der Waals surface area contributed by atoms with Crippen molar-refractivity contribution in [2.45, 2.75) is 37.8 Å². The molecule has 2 fully saturated rings. The van der Waals surface area contributed by atoms with Crippen LogP contribution in [0.1, 0.15) is 26.7 Å². The summed E-state index contributed by atoms with van der Waals surface area (Å²) < 4.78 is 5.25. The molecule has 0 unspecified atom stereocenters. The first kappa shape index (κ1) is 15.7. The van der Waals surface area contributed by atoms with Gasteiger partial charge in [-0.05, 0) is 13.8 Å². The van der Waals surface area contributed by atoms with Crippen molar-refractivity contribution in [1.29, 1.82) is 0 Å². The average molecular weight is 285 g/mol. The molecule has 6 heteroatoms. The van der Waals surface area contributed by atoms with Gasteiger partial charge in [0.2, 0.25) is 5.91 Å². The highest BCUT2D eigenvalue weighted by atomic mass is 16.5. The van der Waals surface area contributed by atoms with Gasteiger partial charge in [0.1, 0.15) is 0 Å². The van der Waals surface area contributed by atoms with Crippen LogP contribution in [0, 0.1) is 0 Å². The molecule has 0 aromatic heterocycles. The zero-order chi connectivity index (χ0) is 14.6. The van der Waals surface area contributed by atoms with E-state index in [1.165, 1.54) is 0 Å². The Labute approximate surface area is 120 Å². The number of piperazine rings is 1. The van der Waals surface area contributed by atoms with E-state index in [1.54, 1.807) is 0 Å². The van der Waals surface area contributed by atoms with Gasteiger partial charge in [-0.15, -0.1) is 0 Å². The van der Waals surface area contributed by atoms with Crippen molar-refractivity contribution in [3.8, 4) is 0 Å². The fourth-order valence-electron chi connectivity index (χ4n) is 2.76. The first-order valence-corrected chi connectivity index (χ1v) is 7.48. The zero-order valence-corrected chi connectivity index (χ0v) is 12.6. The normalized spacial score (nSPS) is 24.4. The molecule has 0 saturated carbocycles. The Morgan fingerprint density at radius 2 is 1.95 bits per heavy atom. The summed E-state index contributed by atoms with van der Waals surface area (Å²) >= 11 is 0. The lowest BCUT2D eigenvalue weighted by molar-refractivity contribution is -0.134. The number of nitrogens with zero attached hydrogens (tertiary/aromatic N) is 1. The summed E-state index contributed by atoms with van der Waals surface area (Å²) in [6, 6.07) is 0. The lowest BCUT2D eigenvalue weighted by atomic mass is 9.93. The van der Waals surface area contributed by atoms with Crippen LogP contribution in [0.5, 0.6) is 0 Å². The topological polar surface area (TPSA) is 73.8 Å². The maximum atomic E-state index is 12.4. The summed E-state index contributed by atoms with van der Waals surface area (Å²) in [5, 5.41) is 16.6. The van der Waals surface area contributed by atoms with Gasteiger partial charge in [-0.2, -0.15) is 0 Å². The van der Waals surface area contributed by atoms with Gasteiger partial charge >= 0.3 is 0 Å². The molecule has 6 nitrogen and oxygen atoms in total. The number of carbonyl (C=O) groups excluding carboxylic acids is 1. The van der Waals surface area contributed by atoms with Crippen LogP contribution in [0.2, 0.25) is 0 Å². The summed E-state index contributed by atoms with van der Waals surface area (Å²) in [4.78, 5) is 14.6. The van der Waals surface area contributed by atoms with Crippen molar-refractivity contribution in [3.05, 3.63) is 0 Å². The summed E-state index contributed by atoms with van der Waals surface area (Å²) in [6.45, 7) is 8.90. The van der Waals surface area contributed by atoms with E-state index in [9.17, 15) is 9.90 Å². The van der Waals surface area contributed by atoms with Gasteiger partial charge in [-0.25, -0.2) is 0 Å². The zero-order valence-electron chi connectivity index (χ0n) is 12.6. The Kier molecular flexibility index (Phi) is 5.01. The van der Waals surface area contributed by atoms with Gasteiger partial charge in [-0.3, -0.25) is 9.69 Å². The Morgan fingerprint density at radius 1 is 1.35 bits per heavy atom. The van der Waals surface area contributed by atoms with Crippen molar-refractivity contribution < 1.29 is 14.6 Å². The molecule has 0 bridgehead atoms. The van der Waals surface area contributed by atoms with Crippen LogP contribution < -0.4 is 10.6 Å². The molecule has 0 aliphatic carbocycles. The predicted octanol–water partition coefficient (Wildman–Crippen LogP) is -0.672. The van der Waals surface area contributed by atoms with Crippen LogP contribution in [0.4, 0.5) is 0 Å². The van der Waals surface area contributed by atoms with Crippen molar-refractivity contribution in [3.63, 3.8) is 0 Å². The van der Waals surface area contributed by atoms with Crippen molar-refractivity contribution in [2.75, 3.05) is 45.9 Å². The van der Waals surface area contributed by atoms with Gasteiger partial charge in [0.15, 0.2) is 0 Å². The van der Waals surface area contributed by atoms with Crippen LogP contribution in [-0.4, -0.2) is 73.0 Å². The molecular weight excluding hydrogens is 258 g/mol. The van der Waals surface area contributed by atoms with E-state index in [1.807, 2.05) is 13.8 Å². The molecular formula is C14H27N3O3. The minimum absolute atomic E-state index is 0.0145. The van der Waals surface area contributed by atoms with Gasteiger partial charge in [-0.1, -0.05) is 0 Å². The monoisotopic (exact) mass is 285 g/mol. The third-order valence-electron chi connectivity index (χ3n) is 4.46. The van der Waals surface area contributed by atoms with E-state index >= 15 is 0 Å².